The van der Waals surface area contributed by atoms with Gasteiger partial charge in [0.15, 0.2) is 12.4 Å². The lowest BCUT2D eigenvalue weighted by molar-refractivity contribution is -0.900. The molecule has 1 aliphatic heterocycles. The van der Waals surface area contributed by atoms with Crippen LogP contribution in [0.3, 0.4) is 0 Å². The molecule has 1 aliphatic rings. The third kappa shape index (κ3) is 7.11. The molecule has 8 heteroatoms. The average Bonchev–Trinajstić information content (AvgIpc) is 2.81. The molecule has 0 unspecified atom stereocenters. The Morgan fingerprint density at radius 2 is 1.58 bits per heavy atom. The first-order chi connectivity index (χ1) is 15.0. The fourth-order valence-corrected chi connectivity index (χ4v) is 3.43. The van der Waals surface area contributed by atoms with E-state index in [4.69, 9.17) is 4.74 Å². The minimum absolute atomic E-state index is 0.0353. The molecule has 3 N–H and O–H groups in total. The number of rotatable bonds is 8. The Labute approximate surface area is 182 Å². The minimum Gasteiger partial charge on any atom is -0.484 e. The van der Waals surface area contributed by atoms with Crippen LogP contribution in [0.4, 0.5) is 5.69 Å². The lowest BCUT2D eigenvalue weighted by atomic mass is 10.1. The Morgan fingerprint density at radius 3 is 2.23 bits per heavy atom. The lowest BCUT2D eigenvalue weighted by Gasteiger charge is -2.33. The van der Waals surface area contributed by atoms with E-state index in [-0.39, 0.29) is 18.3 Å². The SMILES string of the molecule is CC(=O)c1ccc(OCC(=O)NNC(=O)CC[NH+]2CCN(c3ccccc3)CC2)cc1. The number of anilines is 1. The summed E-state index contributed by atoms with van der Waals surface area (Å²) >= 11 is 0. The number of carbonyl (C=O) groups excluding carboxylic acids is 3. The molecule has 8 nitrogen and oxygen atoms in total. The van der Waals surface area contributed by atoms with E-state index < -0.39 is 5.91 Å². The number of nitrogens with zero attached hydrogens (tertiary/aromatic N) is 1. The number of benzene rings is 2. The van der Waals surface area contributed by atoms with E-state index in [0.29, 0.717) is 17.7 Å². The number of hydrogen-bond acceptors (Lipinski definition) is 5. The first-order valence-corrected chi connectivity index (χ1v) is 10.5. The second-order valence-corrected chi connectivity index (χ2v) is 7.54. The van der Waals surface area contributed by atoms with Crippen molar-refractivity contribution >= 4 is 23.3 Å². The van der Waals surface area contributed by atoms with E-state index in [2.05, 4.69) is 27.9 Å². The van der Waals surface area contributed by atoms with Gasteiger partial charge in [-0.15, -0.1) is 0 Å². The molecule has 0 aromatic heterocycles. The molecule has 1 saturated heterocycles. The van der Waals surface area contributed by atoms with E-state index in [1.165, 1.54) is 17.5 Å². The van der Waals surface area contributed by atoms with E-state index in [9.17, 15) is 14.4 Å². The maximum Gasteiger partial charge on any atom is 0.276 e. The maximum atomic E-state index is 12.0. The molecule has 31 heavy (non-hydrogen) atoms. The number of ketones is 1. The van der Waals surface area contributed by atoms with E-state index in [1.807, 2.05) is 18.2 Å². The predicted octanol–water partition coefficient (Wildman–Crippen LogP) is 0.211. The number of carbonyl (C=O) groups is 3. The highest BCUT2D eigenvalue weighted by atomic mass is 16.5. The second kappa shape index (κ2) is 11.1. The van der Waals surface area contributed by atoms with E-state index in [0.717, 1.165) is 32.7 Å². The Kier molecular flexibility index (Phi) is 8.00. The third-order valence-corrected chi connectivity index (χ3v) is 5.27. The van der Waals surface area contributed by atoms with Crippen molar-refractivity contribution in [3.8, 4) is 5.75 Å². The van der Waals surface area contributed by atoms with Crippen LogP contribution in [0.2, 0.25) is 0 Å². The Balaban J connectivity index is 1.29. The topological polar surface area (TPSA) is 92.2 Å². The van der Waals surface area contributed by atoms with Crippen molar-refractivity contribution in [2.24, 2.45) is 0 Å². The number of ether oxygens (including phenoxy) is 1. The Bertz CT molecular complexity index is 878. The van der Waals surface area contributed by atoms with Crippen molar-refractivity contribution < 1.29 is 24.0 Å². The van der Waals surface area contributed by atoms with Gasteiger partial charge in [-0.25, -0.2) is 0 Å². The van der Waals surface area contributed by atoms with E-state index in [1.54, 1.807) is 24.3 Å². The van der Waals surface area contributed by atoms with Crippen LogP contribution >= 0.6 is 0 Å². The van der Waals surface area contributed by atoms with Gasteiger partial charge in [-0.1, -0.05) is 18.2 Å². The summed E-state index contributed by atoms with van der Waals surface area (Å²) in [6, 6.07) is 16.9. The van der Waals surface area contributed by atoms with Gasteiger partial charge >= 0.3 is 0 Å². The van der Waals surface area contributed by atoms with Gasteiger partial charge < -0.3 is 14.5 Å². The zero-order valence-corrected chi connectivity index (χ0v) is 17.7. The summed E-state index contributed by atoms with van der Waals surface area (Å²) in [5.74, 6) is -0.235. The van der Waals surface area contributed by atoms with Crippen molar-refractivity contribution in [3.63, 3.8) is 0 Å². The number of para-hydroxylation sites is 1. The molecule has 2 amide bonds. The largest absolute Gasteiger partial charge is 0.484 e. The third-order valence-electron chi connectivity index (χ3n) is 5.27. The number of Topliss-reactive ketones (excluding diaryl/α,β-unsaturated/α-hetero) is 1. The van der Waals surface area contributed by atoms with Crippen molar-refractivity contribution in [2.45, 2.75) is 13.3 Å². The summed E-state index contributed by atoms with van der Waals surface area (Å²) in [4.78, 5) is 38.9. The number of amides is 2. The molecule has 2 aromatic carbocycles. The van der Waals surface area contributed by atoms with Gasteiger partial charge in [0.05, 0.1) is 39.1 Å². The first-order valence-electron chi connectivity index (χ1n) is 10.5. The van der Waals surface area contributed by atoms with Crippen molar-refractivity contribution in [1.82, 2.24) is 10.9 Å². The van der Waals surface area contributed by atoms with Crippen LogP contribution in [-0.2, 0) is 9.59 Å². The van der Waals surface area contributed by atoms with Crippen LogP contribution in [0.1, 0.15) is 23.7 Å². The van der Waals surface area contributed by atoms with Crippen LogP contribution in [0.15, 0.2) is 54.6 Å². The number of quaternary nitrogens is 1. The molecule has 0 aliphatic carbocycles. The molecule has 0 atom stereocenters. The predicted molar refractivity (Wildman–Crippen MR) is 117 cm³/mol. The quantitative estimate of drug-likeness (QED) is 0.416. The molecule has 1 heterocycles. The summed E-state index contributed by atoms with van der Waals surface area (Å²) in [7, 11) is 0. The fourth-order valence-electron chi connectivity index (χ4n) is 3.43. The summed E-state index contributed by atoms with van der Waals surface area (Å²) in [5.41, 5.74) is 6.61. The molecular formula is C23H29N4O4+. The standard InChI is InChI=1S/C23H28N4O4/c1-18(28)19-7-9-21(10-8-19)31-17-23(30)25-24-22(29)11-12-26-13-15-27(16-14-26)20-5-3-2-4-6-20/h2-10H,11-17H2,1H3,(H,24,29)(H,25,30)/p+1. The maximum absolute atomic E-state index is 12.0. The van der Waals surface area contributed by atoms with Gasteiger partial charge in [0.1, 0.15) is 5.75 Å². The molecule has 1 fully saturated rings. The molecule has 2 aromatic rings. The number of hydrogen-bond donors (Lipinski definition) is 3. The number of piperazine rings is 1. The highest BCUT2D eigenvalue weighted by Crippen LogP contribution is 2.13. The molecular weight excluding hydrogens is 396 g/mol. The van der Waals surface area contributed by atoms with Gasteiger partial charge in [-0.05, 0) is 43.3 Å². The van der Waals surface area contributed by atoms with Gasteiger partial charge in [0, 0.05) is 11.3 Å². The number of nitrogens with one attached hydrogen (secondary N) is 3. The van der Waals surface area contributed by atoms with Crippen molar-refractivity contribution in [1.29, 1.82) is 0 Å². The molecule has 0 saturated carbocycles. The molecule has 164 valence electrons. The first kappa shape index (κ1) is 22.3. The molecule has 3 rings (SSSR count). The lowest BCUT2D eigenvalue weighted by Crippen LogP contribution is -3.15. The monoisotopic (exact) mass is 425 g/mol. The average molecular weight is 426 g/mol. The van der Waals surface area contributed by atoms with Gasteiger partial charge in [-0.2, -0.15) is 0 Å². The van der Waals surface area contributed by atoms with Gasteiger partial charge in [0.25, 0.3) is 5.91 Å². The van der Waals surface area contributed by atoms with Crippen LogP contribution < -0.4 is 25.4 Å². The molecule has 0 spiro atoms. The highest BCUT2D eigenvalue weighted by molar-refractivity contribution is 5.94. The second-order valence-electron chi connectivity index (χ2n) is 7.54. The van der Waals surface area contributed by atoms with Crippen LogP contribution in [0.25, 0.3) is 0 Å². The van der Waals surface area contributed by atoms with Crippen LogP contribution in [-0.4, -0.2) is 56.9 Å². The van der Waals surface area contributed by atoms with Crippen molar-refractivity contribution in [2.75, 3.05) is 44.2 Å². The van der Waals surface area contributed by atoms with Crippen LogP contribution in [0.5, 0.6) is 5.75 Å². The van der Waals surface area contributed by atoms with Gasteiger partial charge in [-0.3, -0.25) is 25.2 Å². The Hall–Kier alpha value is -3.39. The summed E-state index contributed by atoms with van der Waals surface area (Å²) in [5, 5.41) is 0. The van der Waals surface area contributed by atoms with Crippen LogP contribution in [0, 0.1) is 0 Å². The molecule has 0 bridgehead atoms. The normalized spacial score (nSPS) is 14.0. The summed E-state index contributed by atoms with van der Waals surface area (Å²) in [6.07, 6.45) is 0.342. The highest BCUT2D eigenvalue weighted by Gasteiger charge is 2.20. The fraction of sp³-hybridized carbons (Fsp3) is 0.348. The minimum atomic E-state index is -0.451. The van der Waals surface area contributed by atoms with E-state index >= 15 is 0 Å². The summed E-state index contributed by atoms with van der Waals surface area (Å²) in [6.45, 7) is 5.86. The Morgan fingerprint density at radius 1 is 0.935 bits per heavy atom. The zero-order chi connectivity index (χ0) is 22.1. The zero-order valence-electron chi connectivity index (χ0n) is 17.7. The molecule has 0 radical (unpaired) electrons. The summed E-state index contributed by atoms with van der Waals surface area (Å²) < 4.78 is 5.35. The smallest absolute Gasteiger partial charge is 0.276 e. The number of hydrazine groups is 1. The van der Waals surface area contributed by atoms with Gasteiger partial charge in [0.2, 0.25) is 5.91 Å². The van der Waals surface area contributed by atoms with Crippen molar-refractivity contribution in [3.05, 3.63) is 60.2 Å².